The third-order valence-electron chi connectivity index (χ3n) is 4.24. The summed E-state index contributed by atoms with van der Waals surface area (Å²) in [6, 6.07) is 11.7. The highest BCUT2D eigenvalue weighted by atomic mass is 35.5. The number of halogens is 2. The van der Waals surface area contributed by atoms with Gasteiger partial charge in [0.25, 0.3) is 0 Å². The zero-order valence-corrected chi connectivity index (χ0v) is 17.5. The van der Waals surface area contributed by atoms with E-state index in [1.807, 2.05) is 43.3 Å². The van der Waals surface area contributed by atoms with Crippen LogP contribution in [0.5, 0.6) is 11.5 Å². The Kier molecular flexibility index (Phi) is 7.40. The van der Waals surface area contributed by atoms with Crippen LogP contribution >= 0.6 is 23.2 Å². The van der Waals surface area contributed by atoms with Gasteiger partial charge in [-0.3, -0.25) is 4.79 Å². The zero-order chi connectivity index (χ0) is 20.0. The Morgan fingerprint density at radius 3 is 2.07 bits per heavy atom. The number of carbonyl (C=O) groups excluding carboxylic acids is 1. The second-order valence-corrected chi connectivity index (χ2v) is 7.35. The zero-order valence-electron chi connectivity index (χ0n) is 16.0. The van der Waals surface area contributed by atoms with E-state index in [0.717, 1.165) is 16.9 Å². The van der Waals surface area contributed by atoms with Crippen LogP contribution < -0.4 is 9.47 Å². The molecule has 146 valence electrons. The number of carbonyl (C=O) groups is 1. The standard InChI is InChI=1S/C21H24Cl2O4/c1-5-25-17-8-6-15(7-9-17)21(3,4)16-12-18(22)20(19(23)13-16)27-11-10-26-14(2)24/h6-9,12-13H,5,10-11H2,1-4H3. The summed E-state index contributed by atoms with van der Waals surface area (Å²) in [7, 11) is 0. The summed E-state index contributed by atoms with van der Waals surface area (Å²) in [5, 5.41) is 0.832. The molecule has 2 rings (SSSR count). The second kappa shape index (κ2) is 9.34. The third kappa shape index (κ3) is 5.53. The van der Waals surface area contributed by atoms with Crippen LogP contribution in [0.4, 0.5) is 0 Å². The molecule has 0 radical (unpaired) electrons. The third-order valence-corrected chi connectivity index (χ3v) is 4.80. The van der Waals surface area contributed by atoms with Crippen molar-refractivity contribution >= 4 is 29.2 Å². The first-order valence-electron chi connectivity index (χ1n) is 8.74. The van der Waals surface area contributed by atoms with Crippen LogP contribution in [-0.2, 0) is 14.9 Å². The number of hydrogen-bond acceptors (Lipinski definition) is 4. The van der Waals surface area contributed by atoms with E-state index < -0.39 is 0 Å². The quantitative estimate of drug-likeness (QED) is 0.415. The van der Waals surface area contributed by atoms with Crippen LogP contribution in [0, 0.1) is 0 Å². The second-order valence-electron chi connectivity index (χ2n) is 6.54. The van der Waals surface area contributed by atoms with Gasteiger partial charge in [-0.2, -0.15) is 0 Å². The molecule has 2 aromatic carbocycles. The van der Waals surface area contributed by atoms with Crippen molar-refractivity contribution in [2.24, 2.45) is 0 Å². The Bertz CT molecular complexity index is 762. The van der Waals surface area contributed by atoms with E-state index in [-0.39, 0.29) is 24.6 Å². The number of rotatable bonds is 8. The molecule has 0 amide bonds. The van der Waals surface area contributed by atoms with Crippen LogP contribution in [-0.4, -0.2) is 25.8 Å². The number of hydrogen-bond donors (Lipinski definition) is 0. The van der Waals surface area contributed by atoms with Gasteiger partial charge in [-0.25, -0.2) is 0 Å². The molecule has 0 unspecified atom stereocenters. The number of esters is 1. The molecule has 4 nitrogen and oxygen atoms in total. The maximum Gasteiger partial charge on any atom is 0.302 e. The Labute approximate surface area is 170 Å². The summed E-state index contributed by atoms with van der Waals surface area (Å²) >= 11 is 12.8. The molecule has 0 saturated heterocycles. The van der Waals surface area contributed by atoms with Gasteiger partial charge < -0.3 is 14.2 Å². The van der Waals surface area contributed by atoms with Gasteiger partial charge in [0.05, 0.1) is 16.7 Å². The van der Waals surface area contributed by atoms with Crippen molar-refractivity contribution in [1.29, 1.82) is 0 Å². The summed E-state index contributed by atoms with van der Waals surface area (Å²) in [5.41, 5.74) is 1.77. The average molecular weight is 411 g/mol. The molecule has 2 aromatic rings. The van der Waals surface area contributed by atoms with Crippen molar-refractivity contribution in [3.05, 3.63) is 57.6 Å². The molecule has 0 spiro atoms. The lowest BCUT2D eigenvalue weighted by Crippen LogP contribution is -2.19. The highest BCUT2D eigenvalue weighted by molar-refractivity contribution is 6.37. The van der Waals surface area contributed by atoms with Gasteiger partial charge in [-0.15, -0.1) is 0 Å². The first-order chi connectivity index (χ1) is 12.8. The normalized spacial score (nSPS) is 11.2. The van der Waals surface area contributed by atoms with E-state index in [9.17, 15) is 4.79 Å². The van der Waals surface area contributed by atoms with E-state index in [4.69, 9.17) is 37.4 Å². The van der Waals surface area contributed by atoms with Crippen LogP contribution in [0.2, 0.25) is 10.0 Å². The largest absolute Gasteiger partial charge is 0.494 e. The predicted octanol–water partition coefficient (Wildman–Crippen LogP) is 5.66. The molecule has 0 saturated carbocycles. The van der Waals surface area contributed by atoms with Crippen molar-refractivity contribution in [3.8, 4) is 11.5 Å². The topological polar surface area (TPSA) is 44.8 Å². The smallest absolute Gasteiger partial charge is 0.302 e. The summed E-state index contributed by atoms with van der Waals surface area (Å²) in [6.45, 7) is 8.46. The minimum atomic E-state index is -0.358. The van der Waals surface area contributed by atoms with Crippen molar-refractivity contribution in [2.45, 2.75) is 33.1 Å². The Morgan fingerprint density at radius 2 is 1.56 bits per heavy atom. The predicted molar refractivity (Wildman–Crippen MR) is 108 cm³/mol. The molecule has 0 heterocycles. The van der Waals surface area contributed by atoms with Crippen LogP contribution in [0.25, 0.3) is 0 Å². The number of ether oxygens (including phenoxy) is 3. The fourth-order valence-corrected chi connectivity index (χ4v) is 3.29. The van der Waals surface area contributed by atoms with Gasteiger partial charge in [0, 0.05) is 12.3 Å². The highest BCUT2D eigenvalue weighted by Crippen LogP contribution is 2.40. The first-order valence-corrected chi connectivity index (χ1v) is 9.50. The summed E-state index contributed by atoms with van der Waals surface area (Å²) in [6.07, 6.45) is 0. The maximum atomic E-state index is 10.8. The van der Waals surface area contributed by atoms with Crippen molar-refractivity contribution in [2.75, 3.05) is 19.8 Å². The molecule has 0 aliphatic rings. The molecular weight excluding hydrogens is 387 g/mol. The summed E-state index contributed by atoms with van der Waals surface area (Å²) in [5.74, 6) is 0.865. The fourth-order valence-electron chi connectivity index (χ4n) is 2.69. The molecule has 0 fully saturated rings. The van der Waals surface area contributed by atoms with E-state index in [2.05, 4.69) is 13.8 Å². The summed E-state index contributed by atoms with van der Waals surface area (Å²) < 4.78 is 15.9. The highest BCUT2D eigenvalue weighted by Gasteiger charge is 2.25. The van der Waals surface area contributed by atoms with Gasteiger partial charge >= 0.3 is 5.97 Å². The summed E-state index contributed by atoms with van der Waals surface area (Å²) in [4.78, 5) is 10.8. The molecule has 0 aliphatic carbocycles. The maximum absolute atomic E-state index is 10.8. The van der Waals surface area contributed by atoms with Gasteiger partial charge in [0.1, 0.15) is 19.0 Å². The molecule has 0 aliphatic heterocycles. The van der Waals surface area contributed by atoms with Crippen LogP contribution in [0.1, 0.15) is 38.8 Å². The monoisotopic (exact) mass is 410 g/mol. The van der Waals surface area contributed by atoms with E-state index in [1.54, 1.807) is 0 Å². The van der Waals surface area contributed by atoms with E-state index in [0.29, 0.717) is 22.4 Å². The lowest BCUT2D eigenvalue weighted by Gasteiger charge is -2.27. The fraction of sp³-hybridized carbons (Fsp3) is 0.381. The Balaban J connectivity index is 2.20. The van der Waals surface area contributed by atoms with Gasteiger partial charge in [-0.05, 0) is 42.3 Å². The lowest BCUT2D eigenvalue weighted by atomic mass is 9.78. The van der Waals surface area contributed by atoms with Crippen molar-refractivity contribution in [3.63, 3.8) is 0 Å². The Morgan fingerprint density at radius 1 is 0.963 bits per heavy atom. The van der Waals surface area contributed by atoms with E-state index >= 15 is 0 Å². The molecule has 0 N–H and O–H groups in total. The van der Waals surface area contributed by atoms with Crippen molar-refractivity contribution < 1.29 is 19.0 Å². The molecule has 27 heavy (non-hydrogen) atoms. The van der Waals surface area contributed by atoms with Crippen LogP contribution in [0.15, 0.2) is 36.4 Å². The van der Waals surface area contributed by atoms with Gasteiger partial charge in [0.15, 0.2) is 5.75 Å². The van der Waals surface area contributed by atoms with Crippen molar-refractivity contribution in [1.82, 2.24) is 0 Å². The first kappa shape index (κ1) is 21.4. The average Bonchev–Trinajstić information content (AvgIpc) is 2.60. The molecule has 0 bridgehead atoms. The minimum absolute atomic E-state index is 0.140. The number of benzene rings is 2. The van der Waals surface area contributed by atoms with E-state index in [1.165, 1.54) is 6.92 Å². The SMILES string of the molecule is CCOc1ccc(C(C)(C)c2cc(Cl)c(OCCOC(C)=O)c(Cl)c2)cc1. The molecule has 0 atom stereocenters. The molecule has 6 heteroatoms. The minimum Gasteiger partial charge on any atom is -0.494 e. The van der Waals surface area contributed by atoms with Crippen LogP contribution in [0.3, 0.4) is 0 Å². The molecular formula is C21H24Cl2O4. The van der Waals surface area contributed by atoms with Gasteiger partial charge in [0.2, 0.25) is 0 Å². The van der Waals surface area contributed by atoms with Gasteiger partial charge in [-0.1, -0.05) is 49.2 Å². The molecule has 0 aromatic heterocycles. The Hall–Kier alpha value is -1.91. The lowest BCUT2D eigenvalue weighted by molar-refractivity contribution is -0.141.